The molecule has 0 saturated heterocycles. The van der Waals surface area contributed by atoms with Gasteiger partial charge in [-0.05, 0) is 20.3 Å². The van der Waals surface area contributed by atoms with Crippen LogP contribution in [-0.2, 0) is 19.1 Å². The van der Waals surface area contributed by atoms with Gasteiger partial charge in [0.05, 0.1) is 13.2 Å². The van der Waals surface area contributed by atoms with E-state index in [0.29, 0.717) is 0 Å². The minimum atomic E-state index is -0.945. The summed E-state index contributed by atoms with van der Waals surface area (Å²) in [5.41, 5.74) is 5.58. The van der Waals surface area contributed by atoms with Gasteiger partial charge < -0.3 is 20.5 Å². The van der Waals surface area contributed by atoms with Crippen LogP contribution in [0.3, 0.4) is 0 Å². The quantitative estimate of drug-likeness (QED) is 0.674. The molecule has 0 radical (unpaired) electrons. The van der Waals surface area contributed by atoms with Crippen LogP contribution in [0.25, 0.3) is 0 Å². The summed E-state index contributed by atoms with van der Waals surface area (Å²) >= 11 is 1.12. The lowest BCUT2D eigenvalue weighted by Crippen LogP contribution is -2.42. The monoisotopic (exact) mass is 329 g/mol. The van der Waals surface area contributed by atoms with Crippen LogP contribution in [0.4, 0.5) is 5.13 Å². The van der Waals surface area contributed by atoms with Crippen LogP contribution in [0.2, 0.25) is 0 Å². The minimum Gasteiger partial charge on any atom is -0.466 e. The van der Waals surface area contributed by atoms with Gasteiger partial charge >= 0.3 is 11.9 Å². The van der Waals surface area contributed by atoms with E-state index in [1.54, 1.807) is 13.8 Å². The summed E-state index contributed by atoms with van der Waals surface area (Å²) in [4.78, 5) is 39.1. The Morgan fingerprint density at radius 3 is 2.55 bits per heavy atom. The molecule has 0 saturated carbocycles. The zero-order valence-corrected chi connectivity index (χ0v) is 13.3. The van der Waals surface area contributed by atoms with Crippen molar-refractivity contribution in [3.63, 3.8) is 0 Å². The number of thiazole rings is 1. The SMILES string of the molecule is CCOC(=O)CC[C@H](NC(=O)c1csc(N)n1)C(=O)OCC. The van der Waals surface area contributed by atoms with Gasteiger partial charge in [-0.15, -0.1) is 11.3 Å². The van der Waals surface area contributed by atoms with E-state index in [9.17, 15) is 14.4 Å². The number of nitrogens with two attached hydrogens (primary N) is 1. The largest absolute Gasteiger partial charge is 0.466 e. The highest BCUT2D eigenvalue weighted by Crippen LogP contribution is 2.11. The Bertz CT molecular complexity index is 532. The molecule has 0 aromatic carbocycles. The second-order valence-corrected chi connectivity index (χ2v) is 5.08. The Morgan fingerprint density at radius 2 is 2.00 bits per heavy atom. The first kappa shape index (κ1) is 17.9. The Balaban J connectivity index is 2.66. The maximum Gasteiger partial charge on any atom is 0.328 e. The number of nitrogens with zero attached hydrogens (tertiary/aromatic N) is 1. The standard InChI is InChI=1S/C13H19N3O5S/c1-3-20-10(17)6-5-8(12(19)21-4-2)15-11(18)9-7-22-13(14)16-9/h7-8H,3-6H2,1-2H3,(H2,14,16)(H,15,18)/t8-/m0/s1. The molecule has 0 aliphatic rings. The normalized spacial score (nSPS) is 11.5. The van der Waals surface area contributed by atoms with Gasteiger partial charge in [0.1, 0.15) is 11.7 Å². The summed E-state index contributed by atoms with van der Waals surface area (Å²) in [6, 6.07) is -0.945. The summed E-state index contributed by atoms with van der Waals surface area (Å²) in [5, 5.41) is 4.23. The number of hydrogen-bond acceptors (Lipinski definition) is 8. The molecule has 22 heavy (non-hydrogen) atoms. The highest BCUT2D eigenvalue weighted by atomic mass is 32.1. The fraction of sp³-hybridized carbons (Fsp3) is 0.538. The number of carbonyl (C=O) groups is 3. The van der Waals surface area contributed by atoms with Gasteiger partial charge in [-0.3, -0.25) is 9.59 Å². The molecule has 8 nitrogen and oxygen atoms in total. The minimum absolute atomic E-state index is 0.00317. The van der Waals surface area contributed by atoms with E-state index >= 15 is 0 Å². The lowest BCUT2D eigenvalue weighted by atomic mass is 10.1. The van der Waals surface area contributed by atoms with Gasteiger partial charge in [-0.25, -0.2) is 9.78 Å². The van der Waals surface area contributed by atoms with Gasteiger partial charge in [0.25, 0.3) is 5.91 Å². The van der Waals surface area contributed by atoms with E-state index in [2.05, 4.69) is 10.3 Å². The molecule has 1 atom stereocenters. The fourth-order valence-electron chi connectivity index (χ4n) is 1.61. The van der Waals surface area contributed by atoms with Crippen LogP contribution < -0.4 is 11.1 Å². The number of nitrogens with one attached hydrogen (secondary N) is 1. The predicted molar refractivity (Wildman–Crippen MR) is 80.3 cm³/mol. The van der Waals surface area contributed by atoms with Crippen molar-refractivity contribution < 1.29 is 23.9 Å². The maximum absolute atomic E-state index is 12.0. The third-order valence-corrected chi connectivity index (χ3v) is 3.25. The van der Waals surface area contributed by atoms with E-state index < -0.39 is 23.9 Å². The van der Waals surface area contributed by atoms with Gasteiger partial charge in [0.2, 0.25) is 0 Å². The Hall–Kier alpha value is -2.16. The summed E-state index contributed by atoms with van der Waals surface area (Å²) in [6.45, 7) is 3.78. The molecular weight excluding hydrogens is 310 g/mol. The van der Waals surface area contributed by atoms with Gasteiger partial charge in [-0.2, -0.15) is 0 Å². The Morgan fingerprint density at radius 1 is 1.32 bits per heavy atom. The van der Waals surface area contributed by atoms with E-state index in [0.717, 1.165) is 11.3 Å². The van der Waals surface area contributed by atoms with Gasteiger partial charge in [0.15, 0.2) is 5.13 Å². The first-order valence-corrected chi connectivity index (χ1v) is 7.70. The third-order valence-electron chi connectivity index (χ3n) is 2.57. The summed E-state index contributed by atoms with van der Waals surface area (Å²) in [6.07, 6.45) is 0.0832. The number of esters is 2. The van der Waals surface area contributed by atoms with Crippen LogP contribution in [0, 0.1) is 0 Å². The number of amides is 1. The van der Waals surface area contributed by atoms with Crippen molar-refractivity contribution in [2.75, 3.05) is 18.9 Å². The van der Waals surface area contributed by atoms with Crippen LogP contribution in [0.5, 0.6) is 0 Å². The number of hydrogen-bond donors (Lipinski definition) is 2. The molecule has 3 N–H and O–H groups in total. The summed E-state index contributed by atoms with van der Waals surface area (Å²) in [7, 11) is 0. The van der Waals surface area contributed by atoms with Crippen LogP contribution in [0.15, 0.2) is 5.38 Å². The van der Waals surface area contributed by atoms with Crippen molar-refractivity contribution in [2.45, 2.75) is 32.7 Å². The highest BCUT2D eigenvalue weighted by Gasteiger charge is 2.24. The lowest BCUT2D eigenvalue weighted by Gasteiger charge is -2.16. The molecule has 9 heteroatoms. The number of aromatic nitrogens is 1. The van der Waals surface area contributed by atoms with Crippen molar-refractivity contribution in [3.8, 4) is 0 Å². The van der Waals surface area contributed by atoms with Crippen LogP contribution in [-0.4, -0.2) is 42.1 Å². The zero-order chi connectivity index (χ0) is 16.5. The Kier molecular flexibility index (Phi) is 7.30. The predicted octanol–water partition coefficient (Wildman–Crippen LogP) is 0.730. The molecule has 1 rings (SSSR count). The maximum atomic E-state index is 12.0. The molecule has 0 aliphatic heterocycles. The highest BCUT2D eigenvalue weighted by molar-refractivity contribution is 7.13. The lowest BCUT2D eigenvalue weighted by molar-refractivity contribution is -0.146. The van der Waals surface area contributed by atoms with Crippen molar-refractivity contribution in [1.82, 2.24) is 10.3 Å². The zero-order valence-electron chi connectivity index (χ0n) is 12.5. The van der Waals surface area contributed by atoms with Crippen LogP contribution >= 0.6 is 11.3 Å². The number of carbonyl (C=O) groups excluding carboxylic acids is 3. The molecule has 0 fully saturated rings. The van der Waals surface area contributed by atoms with Crippen LogP contribution in [0.1, 0.15) is 37.2 Å². The molecular formula is C13H19N3O5S. The molecule has 1 aromatic heterocycles. The molecule has 0 aliphatic carbocycles. The molecule has 1 aromatic rings. The number of ether oxygens (including phenoxy) is 2. The summed E-state index contributed by atoms with van der Waals surface area (Å²) < 4.78 is 9.68. The molecule has 1 heterocycles. The smallest absolute Gasteiger partial charge is 0.328 e. The number of nitrogen functional groups attached to an aromatic ring is 1. The van der Waals surface area contributed by atoms with Crippen molar-refractivity contribution in [3.05, 3.63) is 11.1 Å². The Labute approximate surface area is 132 Å². The van der Waals surface area contributed by atoms with E-state index in [1.165, 1.54) is 5.38 Å². The van der Waals surface area contributed by atoms with E-state index in [-0.39, 0.29) is 36.9 Å². The second kappa shape index (κ2) is 8.98. The van der Waals surface area contributed by atoms with Crippen molar-refractivity contribution in [2.24, 2.45) is 0 Å². The molecule has 1 amide bonds. The van der Waals surface area contributed by atoms with Crippen molar-refractivity contribution in [1.29, 1.82) is 0 Å². The molecule has 122 valence electrons. The number of rotatable bonds is 8. The molecule has 0 bridgehead atoms. The van der Waals surface area contributed by atoms with E-state index in [4.69, 9.17) is 15.2 Å². The second-order valence-electron chi connectivity index (χ2n) is 4.19. The average molecular weight is 329 g/mol. The molecule has 0 unspecified atom stereocenters. The molecule has 0 spiro atoms. The first-order valence-electron chi connectivity index (χ1n) is 6.82. The topological polar surface area (TPSA) is 121 Å². The summed E-state index contributed by atoms with van der Waals surface area (Å²) in [5.74, 6) is -1.60. The first-order chi connectivity index (χ1) is 10.5. The van der Waals surface area contributed by atoms with Gasteiger partial charge in [-0.1, -0.05) is 0 Å². The fourth-order valence-corrected chi connectivity index (χ4v) is 2.15. The van der Waals surface area contributed by atoms with Crippen molar-refractivity contribution >= 4 is 34.3 Å². The average Bonchev–Trinajstić information content (AvgIpc) is 2.90. The third kappa shape index (κ3) is 5.68. The van der Waals surface area contributed by atoms with E-state index in [1.807, 2.05) is 0 Å². The van der Waals surface area contributed by atoms with Gasteiger partial charge in [0, 0.05) is 11.8 Å². The number of anilines is 1.